The van der Waals surface area contributed by atoms with Crippen molar-refractivity contribution in [1.82, 2.24) is 10.1 Å². The molecule has 0 saturated carbocycles. The molecule has 3 aromatic rings. The minimum Gasteiger partial charge on any atom is -0.391 e. The molecule has 32 heavy (non-hydrogen) atoms. The van der Waals surface area contributed by atoms with Crippen LogP contribution in [0.25, 0.3) is 11.1 Å². The van der Waals surface area contributed by atoms with E-state index in [4.69, 9.17) is 15.0 Å². The van der Waals surface area contributed by atoms with Crippen LogP contribution in [0.2, 0.25) is 0 Å². The molecule has 0 aliphatic carbocycles. The Labute approximate surface area is 186 Å². The molecule has 0 spiro atoms. The summed E-state index contributed by atoms with van der Waals surface area (Å²) in [6.07, 6.45) is 0. The molecular formula is C24H27FN4O3. The van der Waals surface area contributed by atoms with Gasteiger partial charge in [-0.1, -0.05) is 54.5 Å². The molecule has 3 N–H and O–H groups in total. The Morgan fingerprint density at radius 2 is 1.97 bits per heavy atom. The number of aliphatic imine (C=N–C) groups is 1. The fourth-order valence-electron chi connectivity index (χ4n) is 4.13. The molecule has 1 aliphatic rings. The number of morpholine rings is 1. The zero-order valence-electron chi connectivity index (χ0n) is 18.0. The number of benzene rings is 2. The normalized spacial score (nSPS) is 17.6. The van der Waals surface area contributed by atoms with E-state index in [1.807, 2.05) is 48.2 Å². The molecular weight excluding hydrogens is 411 g/mol. The third-order valence-corrected chi connectivity index (χ3v) is 6.03. The lowest BCUT2D eigenvalue weighted by molar-refractivity contribution is -0.0300. The summed E-state index contributed by atoms with van der Waals surface area (Å²) >= 11 is 0. The molecule has 168 valence electrons. The SMILES string of the molecule is C=NC(N)(c1onc(C(C)c2ccc(-c3ccccc3)c(F)c2)c1CO)N1CCOCC1. The Balaban J connectivity index is 1.68. The van der Waals surface area contributed by atoms with Crippen LogP contribution in [0, 0.1) is 5.82 Å². The van der Waals surface area contributed by atoms with Gasteiger partial charge in [0.05, 0.1) is 25.5 Å². The van der Waals surface area contributed by atoms with Gasteiger partial charge in [0, 0.05) is 30.1 Å². The van der Waals surface area contributed by atoms with Gasteiger partial charge in [-0.25, -0.2) is 4.39 Å². The molecule has 7 nitrogen and oxygen atoms in total. The number of aromatic nitrogens is 1. The van der Waals surface area contributed by atoms with Crippen molar-refractivity contribution in [1.29, 1.82) is 0 Å². The van der Waals surface area contributed by atoms with Crippen LogP contribution in [0.4, 0.5) is 4.39 Å². The first kappa shape index (κ1) is 22.3. The van der Waals surface area contributed by atoms with Crippen LogP contribution in [0.15, 0.2) is 58.0 Å². The lowest BCUT2D eigenvalue weighted by atomic mass is 9.91. The smallest absolute Gasteiger partial charge is 0.227 e. The predicted octanol–water partition coefficient (Wildman–Crippen LogP) is 3.23. The molecule has 2 heterocycles. The Morgan fingerprint density at radius 3 is 2.59 bits per heavy atom. The summed E-state index contributed by atoms with van der Waals surface area (Å²) < 4.78 is 25.9. The molecule has 1 fully saturated rings. The van der Waals surface area contributed by atoms with Gasteiger partial charge in [0.2, 0.25) is 5.79 Å². The van der Waals surface area contributed by atoms with Crippen molar-refractivity contribution >= 4 is 6.72 Å². The molecule has 0 radical (unpaired) electrons. The maximum absolute atomic E-state index is 14.9. The van der Waals surface area contributed by atoms with Crippen molar-refractivity contribution in [2.75, 3.05) is 26.3 Å². The summed E-state index contributed by atoms with van der Waals surface area (Å²) in [5.41, 5.74) is 9.52. The zero-order valence-corrected chi connectivity index (χ0v) is 18.0. The molecule has 0 amide bonds. The monoisotopic (exact) mass is 438 g/mol. The standard InChI is InChI=1S/C24H27FN4O3/c1-16(18-8-9-19(21(25)14-18)17-6-4-3-5-7-17)22-20(15-30)23(32-28-22)24(26,27-2)29-10-12-31-13-11-29/h3-9,14,16,30H,2,10-13,15,26H2,1H3. The Morgan fingerprint density at radius 1 is 1.25 bits per heavy atom. The Bertz CT molecular complexity index is 1080. The highest BCUT2D eigenvalue weighted by atomic mass is 19.1. The third kappa shape index (κ3) is 3.98. The summed E-state index contributed by atoms with van der Waals surface area (Å²) in [6, 6.07) is 14.5. The molecule has 2 aromatic carbocycles. The number of nitrogens with zero attached hydrogens (tertiary/aromatic N) is 3. The van der Waals surface area contributed by atoms with E-state index in [9.17, 15) is 9.50 Å². The summed E-state index contributed by atoms with van der Waals surface area (Å²) in [6.45, 7) is 7.28. The van der Waals surface area contributed by atoms with Gasteiger partial charge in [-0.2, -0.15) is 0 Å². The van der Waals surface area contributed by atoms with Gasteiger partial charge in [-0.3, -0.25) is 15.6 Å². The largest absolute Gasteiger partial charge is 0.391 e. The number of aliphatic hydroxyl groups excluding tert-OH is 1. The van der Waals surface area contributed by atoms with Gasteiger partial charge in [-0.05, 0) is 23.9 Å². The van der Waals surface area contributed by atoms with Crippen molar-refractivity contribution in [3.8, 4) is 11.1 Å². The van der Waals surface area contributed by atoms with Crippen molar-refractivity contribution in [3.63, 3.8) is 0 Å². The number of nitrogens with two attached hydrogens (primary N) is 1. The fourth-order valence-corrected chi connectivity index (χ4v) is 4.13. The van der Waals surface area contributed by atoms with E-state index in [0.717, 1.165) is 5.56 Å². The van der Waals surface area contributed by atoms with Crippen LogP contribution in [0.5, 0.6) is 0 Å². The van der Waals surface area contributed by atoms with Crippen molar-refractivity contribution < 1.29 is 18.8 Å². The second-order valence-corrected chi connectivity index (χ2v) is 7.84. The number of rotatable bonds is 7. The van der Waals surface area contributed by atoms with E-state index in [0.29, 0.717) is 48.7 Å². The summed E-state index contributed by atoms with van der Waals surface area (Å²) in [7, 11) is 0. The predicted molar refractivity (Wildman–Crippen MR) is 120 cm³/mol. The van der Waals surface area contributed by atoms with Gasteiger partial charge in [0.25, 0.3) is 0 Å². The van der Waals surface area contributed by atoms with Crippen molar-refractivity contribution in [2.24, 2.45) is 10.7 Å². The lowest BCUT2D eigenvalue weighted by Gasteiger charge is -2.38. The molecule has 2 unspecified atom stereocenters. The first-order chi connectivity index (χ1) is 15.5. The summed E-state index contributed by atoms with van der Waals surface area (Å²) in [5.74, 6) is -1.81. The highest BCUT2D eigenvalue weighted by Gasteiger charge is 2.41. The molecule has 1 saturated heterocycles. The second-order valence-electron chi connectivity index (χ2n) is 7.84. The zero-order chi connectivity index (χ0) is 22.7. The van der Waals surface area contributed by atoms with Crippen LogP contribution in [-0.4, -0.2) is 48.2 Å². The third-order valence-electron chi connectivity index (χ3n) is 6.03. The number of halogens is 1. The number of ether oxygens (including phenoxy) is 1. The topological polar surface area (TPSA) is 97.1 Å². The number of hydrogen-bond donors (Lipinski definition) is 2. The summed E-state index contributed by atoms with van der Waals surface area (Å²) in [4.78, 5) is 6.00. The highest BCUT2D eigenvalue weighted by Crippen LogP contribution is 2.36. The highest BCUT2D eigenvalue weighted by molar-refractivity contribution is 5.64. The maximum Gasteiger partial charge on any atom is 0.227 e. The van der Waals surface area contributed by atoms with E-state index >= 15 is 0 Å². The minimum atomic E-state index is -1.38. The average Bonchev–Trinajstić information content (AvgIpc) is 3.29. The second kappa shape index (κ2) is 9.30. The van der Waals surface area contributed by atoms with Crippen molar-refractivity contribution in [3.05, 3.63) is 76.9 Å². The molecule has 0 bridgehead atoms. The minimum absolute atomic E-state index is 0.236. The quantitative estimate of drug-likeness (QED) is 0.550. The Hall–Kier alpha value is -2.91. The van der Waals surface area contributed by atoms with Crippen LogP contribution in [0.1, 0.15) is 35.4 Å². The molecule has 4 rings (SSSR count). The number of aliphatic hydroxyl groups is 1. The van der Waals surface area contributed by atoms with Crippen molar-refractivity contribution in [2.45, 2.75) is 25.2 Å². The van der Waals surface area contributed by atoms with Gasteiger partial charge < -0.3 is 14.4 Å². The Kier molecular flexibility index (Phi) is 6.48. The van der Waals surface area contributed by atoms with Gasteiger partial charge in [0.15, 0.2) is 5.76 Å². The van der Waals surface area contributed by atoms with Crippen LogP contribution < -0.4 is 5.73 Å². The molecule has 1 aromatic heterocycles. The van der Waals surface area contributed by atoms with Crippen LogP contribution in [-0.2, 0) is 17.1 Å². The summed E-state index contributed by atoms with van der Waals surface area (Å²) in [5, 5.41) is 14.4. The molecule has 8 heteroatoms. The fraction of sp³-hybridized carbons (Fsp3) is 0.333. The first-order valence-electron chi connectivity index (χ1n) is 10.5. The van der Waals surface area contributed by atoms with Gasteiger partial charge in [0.1, 0.15) is 5.82 Å². The average molecular weight is 439 g/mol. The van der Waals surface area contributed by atoms with Gasteiger partial charge >= 0.3 is 0 Å². The van der Waals surface area contributed by atoms with Crippen LogP contribution in [0.3, 0.4) is 0 Å². The van der Waals surface area contributed by atoms with Crippen LogP contribution >= 0.6 is 0 Å². The molecule has 2 atom stereocenters. The van der Waals surface area contributed by atoms with E-state index in [-0.39, 0.29) is 24.1 Å². The number of hydrogen-bond acceptors (Lipinski definition) is 7. The van der Waals surface area contributed by atoms with E-state index in [1.165, 1.54) is 6.07 Å². The van der Waals surface area contributed by atoms with E-state index in [2.05, 4.69) is 16.9 Å². The van der Waals surface area contributed by atoms with E-state index < -0.39 is 5.79 Å². The molecule has 1 aliphatic heterocycles. The van der Waals surface area contributed by atoms with Gasteiger partial charge in [-0.15, -0.1) is 0 Å². The maximum atomic E-state index is 14.9. The first-order valence-corrected chi connectivity index (χ1v) is 10.5. The lowest BCUT2D eigenvalue weighted by Crippen LogP contribution is -2.56. The van der Waals surface area contributed by atoms with E-state index in [1.54, 1.807) is 6.07 Å².